The Morgan fingerprint density at radius 3 is 2.50 bits per heavy atom. The van der Waals surface area contributed by atoms with Crippen molar-refractivity contribution in [3.8, 4) is 0 Å². The van der Waals surface area contributed by atoms with Crippen molar-refractivity contribution in [2.24, 2.45) is 0 Å². The summed E-state index contributed by atoms with van der Waals surface area (Å²) < 4.78 is 26.7. The molecule has 0 aliphatic rings. The molecule has 0 saturated carbocycles. The molecule has 0 radical (unpaired) electrons. The van der Waals surface area contributed by atoms with Gasteiger partial charge in [-0.1, -0.05) is 23.2 Å². The highest BCUT2D eigenvalue weighted by molar-refractivity contribution is 7.92. The maximum absolute atomic E-state index is 12.2. The van der Waals surface area contributed by atoms with E-state index in [1.165, 1.54) is 24.4 Å². The van der Waals surface area contributed by atoms with Crippen molar-refractivity contribution in [2.45, 2.75) is 11.8 Å². The van der Waals surface area contributed by atoms with E-state index < -0.39 is 10.0 Å². The highest BCUT2D eigenvalue weighted by Gasteiger charge is 2.16. The van der Waals surface area contributed by atoms with Gasteiger partial charge in [0.2, 0.25) is 0 Å². The van der Waals surface area contributed by atoms with Crippen LogP contribution in [-0.4, -0.2) is 13.4 Å². The second-order valence-corrected chi connectivity index (χ2v) is 6.60. The van der Waals surface area contributed by atoms with Crippen molar-refractivity contribution < 1.29 is 8.42 Å². The SMILES string of the molecule is Cc1cc(NS(=O)(=O)c2ccc(Cl)c(Cl)c2)ncc1N. The molecule has 1 aromatic heterocycles. The molecule has 8 heteroatoms. The van der Waals surface area contributed by atoms with Gasteiger partial charge in [-0.05, 0) is 36.8 Å². The van der Waals surface area contributed by atoms with Crippen LogP contribution >= 0.6 is 23.2 Å². The van der Waals surface area contributed by atoms with Crippen molar-refractivity contribution in [1.29, 1.82) is 0 Å². The second kappa shape index (κ2) is 5.47. The molecule has 20 heavy (non-hydrogen) atoms. The zero-order chi connectivity index (χ0) is 14.9. The van der Waals surface area contributed by atoms with Gasteiger partial charge in [0.1, 0.15) is 5.82 Å². The Morgan fingerprint density at radius 2 is 1.90 bits per heavy atom. The number of benzene rings is 1. The maximum Gasteiger partial charge on any atom is 0.263 e. The molecule has 2 aromatic rings. The molecule has 3 N–H and O–H groups in total. The number of nitrogens with one attached hydrogen (secondary N) is 1. The molecular formula is C12H11Cl2N3O2S. The molecule has 0 aliphatic heterocycles. The quantitative estimate of drug-likeness (QED) is 0.904. The number of aryl methyl sites for hydroxylation is 1. The predicted molar refractivity (Wildman–Crippen MR) is 80.7 cm³/mol. The number of hydrogen-bond donors (Lipinski definition) is 2. The van der Waals surface area contributed by atoms with Crippen LogP contribution < -0.4 is 10.5 Å². The standard InChI is InChI=1S/C12H11Cl2N3O2S/c1-7-4-12(16-6-11(7)15)17-20(18,19)8-2-3-9(13)10(14)5-8/h2-6H,15H2,1H3,(H,16,17). The fraction of sp³-hybridized carbons (Fsp3) is 0.0833. The molecule has 0 aliphatic carbocycles. The van der Waals surface area contributed by atoms with Crippen LogP contribution in [0.25, 0.3) is 0 Å². The fourth-order valence-electron chi connectivity index (χ4n) is 1.46. The van der Waals surface area contributed by atoms with E-state index in [1.54, 1.807) is 13.0 Å². The summed E-state index contributed by atoms with van der Waals surface area (Å²) in [4.78, 5) is 3.92. The lowest BCUT2D eigenvalue weighted by Gasteiger charge is -2.09. The molecule has 1 aromatic carbocycles. The lowest BCUT2D eigenvalue weighted by molar-refractivity contribution is 0.601. The molecule has 0 unspecified atom stereocenters. The Kier molecular flexibility index (Phi) is 4.08. The summed E-state index contributed by atoms with van der Waals surface area (Å²) in [5.41, 5.74) is 6.85. The average Bonchev–Trinajstić information content (AvgIpc) is 2.37. The molecule has 0 spiro atoms. The summed E-state index contributed by atoms with van der Waals surface area (Å²) in [7, 11) is -3.78. The van der Waals surface area contributed by atoms with Gasteiger partial charge >= 0.3 is 0 Å². The normalized spacial score (nSPS) is 11.3. The van der Waals surface area contributed by atoms with Crippen molar-refractivity contribution in [3.05, 3.63) is 46.1 Å². The second-order valence-electron chi connectivity index (χ2n) is 4.11. The minimum Gasteiger partial charge on any atom is -0.397 e. The van der Waals surface area contributed by atoms with Gasteiger partial charge in [-0.25, -0.2) is 13.4 Å². The van der Waals surface area contributed by atoms with Crippen LogP contribution in [0.15, 0.2) is 35.4 Å². The van der Waals surface area contributed by atoms with E-state index in [-0.39, 0.29) is 20.8 Å². The fourth-order valence-corrected chi connectivity index (χ4v) is 2.85. The van der Waals surface area contributed by atoms with Crippen LogP contribution in [0.3, 0.4) is 0 Å². The molecule has 0 saturated heterocycles. The van der Waals surface area contributed by atoms with E-state index in [0.29, 0.717) is 5.69 Å². The van der Waals surface area contributed by atoms with Crippen LogP contribution in [-0.2, 0) is 10.0 Å². The number of pyridine rings is 1. The van der Waals surface area contributed by atoms with Gasteiger partial charge in [-0.3, -0.25) is 4.72 Å². The largest absolute Gasteiger partial charge is 0.397 e. The molecule has 0 fully saturated rings. The third-order valence-corrected chi connectivity index (χ3v) is 4.68. The van der Waals surface area contributed by atoms with Gasteiger partial charge in [0.25, 0.3) is 10.0 Å². The van der Waals surface area contributed by atoms with Gasteiger partial charge < -0.3 is 5.73 Å². The van der Waals surface area contributed by atoms with E-state index in [9.17, 15) is 8.42 Å². The Balaban J connectivity index is 2.35. The number of aromatic nitrogens is 1. The summed E-state index contributed by atoms with van der Waals surface area (Å²) in [6.45, 7) is 1.76. The van der Waals surface area contributed by atoms with E-state index in [2.05, 4.69) is 9.71 Å². The number of anilines is 2. The first-order chi connectivity index (χ1) is 9.29. The van der Waals surface area contributed by atoms with Crippen molar-refractivity contribution in [3.63, 3.8) is 0 Å². The minimum atomic E-state index is -3.78. The number of hydrogen-bond acceptors (Lipinski definition) is 4. The average molecular weight is 332 g/mol. The molecular weight excluding hydrogens is 321 g/mol. The molecule has 0 amide bonds. The minimum absolute atomic E-state index is 0.00294. The van der Waals surface area contributed by atoms with Crippen LogP contribution in [0.2, 0.25) is 10.0 Å². The smallest absolute Gasteiger partial charge is 0.263 e. The third kappa shape index (κ3) is 3.15. The lowest BCUT2D eigenvalue weighted by Crippen LogP contribution is -2.14. The zero-order valence-corrected chi connectivity index (χ0v) is 12.7. The highest BCUT2D eigenvalue weighted by atomic mass is 35.5. The zero-order valence-electron chi connectivity index (χ0n) is 10.4. The molecule has 106 valence electrons. The molecule has 0 atom stereocenters. The van der Waals surface area contributed by atoms with Gasteiger partial charge in [0.05, 0.1) is 26.8 Å². The van der Waals surface area contributed by atoms with Crippen LogP contribution in [0, 0.1) is 6.92 Å². The third-order valence-electron chi connectivity index (χ3n) is 2.59. The van der Waals surface area contributed by atoms with Gasteiger partial charge in [0, 0.05) is 0 Å². The van der Waals surface area contributed by atoms with Crippen LogP contribution in [0.5, 0.6) is 0 Å². The van der Waals surface area contributed by atoms with Crippen LogP contribution in [0.4, 0.5) is 11.5 Å². The Labute approximate surface area is 126 Å². The highest BCUT2D eigenvalue weighted by Crippen LogP contribution is 2.26. The van der Waals surface area contributed by atoms with Gasteiger partial charge in [-0.2, -0.15) is 0 Å². The van der Waals surface area contributed by atoms with E-state index in [4.69, 9.17) is 28.9 Å². The summed E-state index contributed by atoms with van der Waals surface area (Å²) in [6, 6.07) is 5.60. The van der Waals surface area contributed by atoms with E-state index >= 15 is 0 Å². The first-order valence-corrected chi connectivity index (χ1v) is 7.73. The summed E-state index contributed by atoms with van der Waals surface area (Å²) >= 11 is 11.6. The molecule has 0 bridgehead atoms. The Bertz CT molecular complexity index is 763. The van der Waals surface area contributed by atoms with E-state index in [1.807, 2.05) is 0 Å². The maximum atomic E-state index is 12.2. The predicted octanol–water partition coefficient (Wildman–Crippen LogP) is 3.08. The molecule has 1 heterocycles. The number of nitrogens with zero attached hydrogens (tertiary/aromatic N) is 1. The van der Waals surface area contributed by atoms with Crippen molar-refractivity contribution in [1.82, 2.24) is 4.98 Å². The number of nitrogens with two attached hydrogens (primary N) is 1. The number of sulfonamides is 1. The lowest BCUT2D eigenvalue weighted by atomic mass is 10.2. The van der Waals surface area contributed by atoms with Gasteiger partial charge in [-0.15, -0.1) is 0 Å². The summed E-state index contributed by atoms with van der Waals surface area (Å²) in [5.74, 6) is 0.183. The Morgan fingerprint density at radius 1 is 1.20 bits per heavy atom. The first kappa shape index (κ1) is 14.9. The molecule has 2 rings (SSSR count). The van der Waals surface area contributed by atoms with E-state index in [0.717, 1.165) is 5.56 Å². The first-order valence-electron chi connectivity index (χ1n) is 5.49. The molecule has 5 nitrogen and oxygen atoms in total. The van der Waals surface area contributed by atoms with Crippen molar-refractivity contribution in [2.75, 3.05) is 10.5 Å². The van der Waals surface area contributed by atoms with Crippen molar-refractivity contribution >= 4 is 44.7 Å². The number of rotatable bonds is 3. The summed E-state index contributed by atoms with van der Waals surface area (Å²) in [6.07, 6.45) is 1.39. The topological polar surface area (TPSA) is 85.1 Å². The van der Waals surface area contributed by atoms with Gasteiger partial charge in [0.15, 0.2) is 0 Å². The monoisotopic (exact) mass is 331 g/mol. The Hall–Kier alpha value is -1.50. The number of halogens is 2. The van der Waals surface area contributed by atoms with Crippen LogP contribution in [0.1, 0.15) is 5.56 Å². The number of nitrogen functional groups attached to an aromatic ring is 1. The summed E-state index contributed by atoms with van der Waals surface area (Å²) in [5, 5.41) is 0.447.